The molecule has 1 fully saturated rings. The molecule has 1 heterocycles. The van der Waals surface area contributed by atoms with Gasteiger partial charge in [0.25, 0.3) is 5.56 Å². The molecule has 4 heteroatoms. The van der Waals surface area contributed by atoms with Crippen LogP contribution in [0.15, 0.2) is 10.9 Å². The fraction of sp³-hybridized carbons (Fsp3) is 0.636. The minimum atomic E-state index is -0.0288. The summed E-state index contributed by atoms with van der Waals surface area (Å²) in [5, 5.41) is 0. The van der Waals surface area contributed by atoms with Gasteiger partial charge in [-0.15, -0.1) is 0 Å². The molecule has 0 amide bonds. The normalized spacial score (nSPS) is 16.3. The smallest absolute Gasteiger partial charge is 0.251 e. The Morgan fingerprint density at radius 2 is 2.33 bits per heavy atom. The van der Waals surface area contributed by atoms with Crippen LogP contribution in [0.1, 0.15) is 43.1 Å². The van der Waals surface area contributed by atoms with Crippen LogP contribution in [0.2, 0.25) is 0 Å². The lowest BCUT2D eigenvalue weighted by molar-refractivity contribution is 0.409. The molecule has 1 aliphatic carbocycles. The molecule has 0 atom stereocenters. The highest BCUT2D eigenvalue weighted by atomic mass is 16.1. The number of nitrogens with two attached hydrogens (primary N) is 1. The van der Waals surface area contributed by atoms with Crippen LogP contribution < -0.4 is 11.3 Å². The van der Waals surface area contributed by atoms with Crippen molar-refractivity contribution in [3.05, 3.63) is 27.9 Å². The molecule has 0 radical (unpaired) electrons. The lowest BCUT2D eigenvalue weighted by Gasteiger charge is -2.24. The molecular formula is C11H17N3O. The van der Waals surface area contributed by atoms with Crippen LogP contribution in [-0.4, -0.2) is 16.5 Å². The van der Waals surface area contributed by atoms with E-state index in [4.69, 9.17) is 5.73 Å². The largest absolute Gasteiger partial charge is 0.330 e. The van der Waals surface area contributed by atoms with E-state index in [9.17, 15) is 4.79 Å². The van der Waals surface area contributed by atoms with E-state index >= 15 is 0 Å². The molecule has 0 unspecified atom stereocenters. The molecule has 0 bridgehead atoms. The number of nitrogens with zero attached hydrogens (tertiary/aromatic N) is 1. The zero-order valence-electron chi connectivity index (χ0n) is 8.83. The molecule has 1 saturated carbocycles. The predicted octanol–water partition coefficient (Wildman–Crippen LogP) is 0.929. The average Bonchev–Trinajstić information content (AvgIpc) is 2.11. The number of aromatic amines is 1. The highest BCUT2D eigenvalue weighted by molar-refractivity contribution is 5.11. The Morgan fingerprint density at radius 3 is 2.93 bits per heavy atom. The van der Waals surface area contributed by atoms with E-state index in [1.807, 2.05) is 0 Å². The molecule has 4 nitrogen and oxygen atoms in total. The first-order valence-electron chi connectivity index (χ1n) is 5.60. The van der Waals surface area contributed by atoms with E-state index in [1.54, 1.807) is 6.07 Å². The number of aryl methyl sites for hydroxylation is 1. The highest BCUT2D eigenvalue weighted by Crippen LogP contribution is 2.34. The fourth-order valence-electron chi connectivity index (χ4n) is 1.83. The molecule has 0 aromatic carbocycles. The Kier molecular flexibility index (Phi) is 3.16. The van der Waals surface area contributed by atoms with Crippen molar-refractivity contribution in [3.63, 3.8) is 0 Å². The van der Waals surface area contributed by atoms with E-state index in [2.05, 4.69) is 9.97 Å². The summed E-state index contributed by atoms with van der Waals surface area (Å²) < 4.78 is 0. The van der Waals surface area contributed by atoms with E-state index in [-0.39, 0.29) is 5.56 Å². The number of hydrogen-bond acceptors (Lipinski definition) is 3. The second kappa shape index (κ2) is 4.57. The minimum Gasteiger partial charge on any atom is -0.330 e. The second-order valence-corrected chi connectivity index (χ2v) is 4.14. The van der Waals surface area contributed by atoms with Crippen LogP contribution >= 0.6 is 0 Å². The van der Waals surface area contributed by atoms with E-state index in [0.29, 0.717) is 12.5 Å². The van der Waals surface area contributed by atoms with Gasteiger partial charge in [0.1, 0.15) is 5.82 Å². The van der Waals surface area contributed by atoms with Gasteiger partial charge in [-0.2, -0.15) is 0 Å². The lowest BCUT2D eigenvalue weighted by atomic mass is 9.83. The highest BCUT2D eigenvalue weighted by Gasteiger charge is 2.21. The number of aromatic nitrogens is 2. The summed E-state index contributed by atoms with van der Waals surface area (Å²) in [7, 11) is 0. The van der Waals surface area contributed by atoms with Crippen LogP contribution in [0.4, 0.5) is 0 Å². The van der Waals surface area contributed by atoms with E-state index in [0.717, 1.165) is 24.4 Å². The van der Waals surface area contributed by atoms with Crippen molar-refractivity contribution in [2.45, 2.75) is 38.0 Å². The summed E-state index contributed by atoms with van der Waals surface area (Å²) in [5.74, 6) is 1.30. The van der Waals surface area contributed by atoms with Gasteiger partial charge in [0.05, 0.1) is 5.69 Å². The van der Waals surface area contributed by atoms with Crippen molar-refractivity contribution in [2.24, 2.45) is 5.73 Å². The van der Waals surface area contributed by atoms with Crippen LogP contribution in [0.3, 0.4) is 0 Å². The maximum atomic E-state index is 11.4. The topological polar surface area (TPSA) is 71.8 Å². The van der Waals surface area contributed by atoms with Gasteiger partial charge in [0.2, 0.25) is 0 Å². The Bertz CT molecular complexity index is 382. The van der Waals surface area contributed by atoms with Crippen LogP contribution in [0, 0.1) is 0 Å². The SMILES string of the molecule is NCCCc1nc(C2CCC2)cc(=O)[nH]1. The predicted molar refractivity (Wildman–Crippen MR) is 58.8 cm³/mol. The Balaban J connectivity index is 2.16. The van der Waals surface area contributed by atoms with Crippen molar-refractivity contribution < 1.29 is 0 Å². The summed E-state index contributed by atoms with van der Waals surface area (Å²) in [6.45, 7) is 0.636. The molecular weight excluding hydrogens is 190 g/mol. The summed E-state index contributed by atoms with van der Waals surface area (Å²) >= 11 is 0. The van der Waals surface area contributed by atoms with Gasteiger partial charge in [-0.1, -0.05) is 6.42 Å². The second-order valence-electron chi connectivity index (χ2n) is 4.14. The van der Waals surface area contributed by atoms with E-state index in [1.165, 1.54) is 19.3 Å². The third-order valence-corrected chi connectivity index (χ3v) is 2.95. The number of H-pyrrole nitrogens is 1. The molecule has 1 aromatic rings. The molecule has 82 valence electrons. The number of hydrogen-bond donors (Lipinski definition) is 2. The Hall–Kier alpha value is -1.16. The molecule has 0 aliphatic heterocycles. The Labute approximate surface area is 88.9 Å². The zero-order valence-corrected chi connectivity index (χ0v) is 8.83. The van der Waals surface area contributed by atoms with Crippen molar-refractivity contribution in [2.75, 3.05) is 6.54 Å². The average molecular weight is 207 g/mol. The minimum absolute atomic E-state index is 0.0288. The van der Waals surface area contributed by atoms with Crippen molar-refractivity contribution in [1.82, 2.24) is 9.97 Å². The van der Waals surface area contributed by atoms with Gasteiger partial charge in [-0.3, -0.25) is 4.79 Å². The summed E-state index contributed by atoms with van der Waals surface area (Å²) in [6.07, 6.45) is 5.25. The van der Waals surface area contributed by atoms with Gasteiger partial charge < -0.3 is 10.7 Å². The molecule has 3 N–H and O–H groups in total. The first-order valence-corrected chi connectivity index (χ1v) is 5.60. The summed E-state index contributed by atoms with van der Waals surface area (Å²) in [4.78, 5) is 18.6. The first kappa shape index (κ1) is 10.4. The monoisotopic (exact) mass is 207 g/mol. The van der Waals surface area contributed by atoms with Gasteiger partial charge in [-0.05, 0) is 25.8 Å². The fourth-order valence-corrected chi connectivity index (χ4v) is 1.83. The summed E-state index contributed by atoms with van der Waals surface area (Å²) in [6, 6.07) is 1.63. The standard InChI is InChI=1S/C11H17N3O/c12-6-2-5-10-13-9(7-11(15)14-10)8-3-1-4-8/h7-8H,1-6,12H2,(H,13,14,15). The molecule has 15 heavy (non-hydrogen) atoms. The molecule has 2 rings (SSSR count). The maximum Gasteiger partial charge on any atom is 0.251 e. The Morgan fingerprint density at radius 1 is 1.53 bits per heavy atom. The lowest BCUT2D eigenvalue weighted by Crippen LogP contribution is -2.18. The van der Waals surface area contributed by atoms with Crippen molar-refractivity contribution in [3.8, 4) is 0 Å². The van der Waals surface area contributed by atoms with Crippen LogP contribution in [0.25, 0.3) is 0 Å². The van der Waals surface area contributed by atoms with Gasteiger partial charge >= 0.3 is 0 Å². The van der Waals surface area contributed by atoms with Crippen molar-refractivity contribution >= 4 is 0 Å². The van der Waals surface area contributed by atoms with Gasteiger partial charge in [0.15, 0.2) is 0 Å². The van der Waals surface area contributed by atoms with Gasteiger partial charge in [-0.25, -0.2) is 4.98 Å². The third-order valence-electron chi connectivity index (χ3n) is 2.95. The van der Waals surface area contributed by atoms with Crippen molar-refractivity contribution in [1.29, 1.82) is 0 Å². The molecule has 0 spiro atoms. The molecule has 1 aliphatic rings. The zero-order chi connectivity index (χ0) is 10.7. The number of rotatable bonds is 4. The maximum absolute atomic E-state index is 11.4. The molecule has 0 saturated heterocycles. The van der Waals surface area contributed by atoms with Crippen LogP contribution in [0.5, 0.6) is 0 Å². The third kappa shape index (κ3) is 2.45. The number of nitrogens with one attached hydrogen (secondary N) is 1. The van der Waals surface area contributed by atoms with E-state index < -0.39 is 0 Å². The summed E-state index contributed by atoms with van der Waals surface area (Å²) in [5.41, 5.74) is 6.37. The quantitative estimate of drug-likeness (QED) is 0.771. The van der Waals surface area contributed by atoms with Crippen LogP contribution in [-0.2, 0) is 6.42 Å². The molecule has 1 aromatic heterocycles. The van der Waals surface area contributed by atoms with Gasteiger partial charge in [0, 0.05) is 18.4 Å². The first-order chi connectivity index (χ1) is 7.29.